The average molecular weight is 472 g/mol. The normalized spacial score (nSPS) is 24.2. The Morgan fingerprint density at radius 1 is 1.21 bits per heavy atom. The smallest absolute Gasteiger partial charge is 0.147 e. The summed E-state index contributed by atoms with van der Waals surface area (Å²) in [6, 6.07) is 13.6. The summed E-state index contributed by atoms with van der Waals surface area (Å²) in [6.07, 6.45) is 7.15. The number of benzene rings is 1. The molecule has 1 aliphatic heterocycles. The molecule has 1 saturated heterocycles. The van der Waals surface area contributed by atoms with E-state index in [-0.39, 0.29) is 24.2 Å². The van der Waals surface area contributed by atoms with Gasteiger partial charge in [0.1, 0.15) is 6.79 Å². The number of rotatable bonds is 13. The van der Waals surface area contributed by atoms with Crippen LogP contribution in [0.4, 0.5) is 0 Å². The van der Waals surface area contributed by atoms with Gasteiger partial charge in [0.2, 0.25) is 0 Å². The number of nitrogens with zero attached hydrogens (tertiary/aromatic N) is 1. The molecule has 0 radical (unpaired) electrons. The summed E-state index contributed by atoms with van der Waals surface area (Å²) in [7, 11) is -1.05. The van der Waals surface area contributed by atoms with Crippen LogP contribution >= 0.6 is 0 Å². The van der Waals surface area contributed by atoms with Gasteiger partial charge in [-0.2, -0.15) is 5.26 Å². The second-order valence-electron chi connectivity index (χ2n) is 10.0. The number of nitriles is 1. The largest absolute Gasteiger partial charge is 0.373 e. The van der Waals surface area contributed by atoms with Crippen molar-refractivity contribution in [2.24, 2.45) is 5.92 Å². The highest BCUT2D eigenvalue weighted by Gasteiger charge is 2.35. The first-order valence-corrected chi connectivity index (χ1v) is 15.7. The zero-order valence-electron chi connectivity index (χ0n) is 21.0. The van der Waals surface area contributed by atoms with E-state index in [9.17, 15) is 5.26 Å². The SMILES string of the molecule is CC(=C/[C@H]1O[C@@H](CC#N)C[C@H](OCc2ccccc2)[C@H]1C)/C=C/COCOCC[Si](C)(C)C. The molecule has 5 nitrogen and oxygen atoms in total. The van der Waals surface area contributed by atoms with E-state index >= 15 is 0 Å². The lowest BCUT2D eigenvalue weighted by Crippen LogP contribution is -2.43. The predicted octanol–water partition coefficient (Wildman–Crippen LogP) is 6.11. The van der Waals surface area contributed by atoms with Gasteiger partial charge in [-0.3, -0.25) is 0 Å². The van der Waals surface area contributed by atoms with Crippen molar-refractivity contribution < 1.29 is 18.9 Å². The molecule has 0 saturated carbocycles. The summed E-state index contributed by atoms with van der Waals surface area (Å²) in [4.78, 5) is 0. The van der Waals surface area contributed by atoms with Crippen molar-refractivity contribution in [1.82, 2.24) is 0 Å². The molecule has 1 aromatic rings. The summed E-state index contributed by atoms with van der Waals surface area (Å²) < 4.78 is 23.6. The van der Waals surface area contributed by atoms with Crippen LogP contribution in [0.3, 0.4) is 0 Å². The van der Waals surface area contributed by atoms with Gasteiger partial charge in [0.25, 0.3) is 0 Å². The van der Waals surface area contributed by atoms with Crippen molar-refractivity contribution in [3.05, 3.63) is 59.7 Å². The van der Waals surface area contributed by atoms with E-state index in [4.69, 9.17) is 18.9 Å². The van der Waals surface area contributed by atoms with Crippen molar-refractivity contribution in [3.63, 3.8) is 0 Å². The molecule has 1 fully saturated rings. The summed E-state index contributed by atoms with van der Waals surface area (Å²) >= 11 is 0. The maximum Gasteiger partial charge on any atom is 0.147 e. The Hall–Kier alpha value is -1.75. The van der Waals surface area contributed by atoms with E-state index in [2.05, 4.69) is 57.8 Å². The van der Waals surface area contributed by atoms with Crippen LogP contribution < -0.4 is 0 Å². The molecule has 0 bridgehead atoms. The molecule has 0 aliphatic carbocycles. The van der Waals surface area contributed by atoms with Gasteiger partial charge in [0, 0.05) is 27.0 Å². The Bertz CT molecular complexity index is 782. The maximum atomic E-state index is 9.19. The molecule has 0 spiro atoms. The van der Waals surface area contributed by atoms with Gasteiger partial charge in [0.15, 0.2) is 0 Å². The van der Waals surface area contributed by atoms with Crippen LogP contribution in [-0.2, 0) is 25.6 Å². The van der Waals surface area contributed by atoms with Crippen LogP contribution in [0.25, 0.3) is 0 Å². The van der Waals surface area contributed by atoms with Gasteiger partial charge in [0.05, 0.1) is 44.0 Å². The zero-order valence-corrected chi connectivity index (χ0v) is 22.0. The summed E-state index contributed by atoms with van der Waals surface area (Å²) in [6.45, 7) is 13.4. The molecular formula is C27H41NO4Si. The molecule has 1 aliphatic rings. The maximum absolute atomic E-state index is 9.19. The van der Waals surface area contributed by atoms with E-state index in [1.54, 1.807) is 0 Å². The average Bonchev–Trinajstić information content (AvgIpc) is 2.77. The van der Waals surface area contributed by atoms with E-state index in [1.165, 1.54) is 0 Å². The van der Waals surface area contributed by atoms with Gasteiger partial charge in [-0.1, -0.05) is 80.7 Å². The fraction of sp³-hybridized carbons (Fsp3) is 0.593. The number of hydrogen-bond acceptors (Lipinski definition) is 5. The molecular weight excluding hydrogens is 430 g/mol. The minimum atomic E-state index is -1.05. The first-order valence-electron chi connectivity index (χ1n) is 12.0. The zero-order chi connectivity index (χ0) is 24.1. The quantitative estimate of drug-likeness (QED) is 0.150. The predicted molar refractivity (Wildman–Crippen MR) is 136 cm³/mol. The van der Waals surface area contributed by atoms with E-state index in [0.717, 1.165) is 30.2 Å². The Balaban J connectivity index is 1.83. The third-order valence-corrected chi connectivity index (χ3v) is 7.46. The first kappa shape index (κ1) is 27.5. The summed E-state index contributed by atoms with van der Waals surface area (Å²) in [5, 5.41) is 9.19. The number of allylic oxidation sites excluding steroid dienone is 2. The van der Waals surface area contributed by atoms with Gasteiger partial charge >= 0.3 is 0 Å². The number of ether oxygens (including phenoxy) is 4. The molecule has 1 aromatic carbocycles. The molecule has 0 aromatic heterocycles. The lowest BCUT2D eigenvalue weighted by Gasteiger charge is -2.39. The molecule has 2 rings (SSSR count). The molecule has 1 heterocycles. The lowest BCUT2D eigenvalue weighted by atomic mass is 9.88. The van der Waals surface area contributed by atoms with E-state index in [1.807, 2.05) is 30.4 Å². The second kappa shape index (κ2) is 14.5. The standard InChI is InChI=1S/C27H41NO4Si/c1-22(10-9-15-29-21-30-16-17-33(3,4)5)18-27-23(2)26(19-25(32-27)13-14-28)31-20-24-11-7-6-8-12-24/h6-12,18,23,25-27H,13,15-17,19-21H2,1-5H3/b10-9+,22-18-/t23-,25+,26+,27-/m1/s1. The Kier molecular flexibility index (Phi) is 12.1. The molecule has 182 valence electrons. The highest BCUT2D eigenvalue weighted by molar-refractivity contribution is 6.76. The van der Waals surface area contributed by atoms with Crippen LogP contribution in [0.1, 0.15) is 32.3 Å². The van der Waals surface area contributed by atoms with Gasteiger partial charge in [-0.15, -0.1) is 0 Å². The van der Waals surface area contributed by atoms with Crippen LogP contribution in [0.5, 0.6) is 0 Å². The van der Waals surface area contributed by atoms with E-state index in [0.29, 0.717) is 26.4 Å². The summed E-state index contributed by atoms with van der Waals surface area (Å²) in [5.41, 5.74) is 2.26. The first-order chi connectivity index (χ1) is 15.8. The Morgan fingerprint density at radius 2 is 1.97 bits per heavy atom. The molecule has 0 unspecified atom stereocenters. The molecule has 4 atom stereocenters. The lowest BCUT2D eigenvalue weighted by molar-refractivity contribution is -0.135. The topological polar surface area (TPSA) is 60.7 Å². The Labute approximate surface area is 201 Å². The van der Waals surface area contributed by atoms with Crippen molar-refractivity contribution in [1.29, 1.82) is 5.26 Å². The van der Waals surface area contributed by atoms with Crippen molar-refractivity contribution in [3.8, 4) is 6.07 Å². The molecule has 33 heavy (non-hydrogen) atoms. The Morgan fingerprint density at radius 3 is 2.67 bits per heavy atom. The van der Waals surface area contributed by atoms with Gasteiger partial charge < -0.3 is 18.9 Å². The van der Waals surface area contributed by atoms with Gasteiger partial charge in [-0.05, 0) is 18.5 Å². The molecule has 0 N–H and O–H groups in total. The van der Waals surface area contributed by atoms with Crippen LogP contribution in [0.15, 0.2) is 54.1 Å². The summed E-state index contributed by atoms with van der Waals surface area (Å²) in [5.74, 6) is 0.197. The molecule has 6 heteroatoms. The highest BCUT2D eigenvalue weighted by Crippen LogP contribution is 2.31. The van der Waals surface area contributed by atoms with Crippen molar-refractivity contribution >= 4 is 8.07 Å². The van der Waals surface area contributed by atoms with Gasteiger partial charge in [-0.25, -0.2) is 0 Å². The third-order valence-electron chi connectivity index (χ3n) is 5.76. The monoisotopic (exact) mass is 471 g/mol. The fourth-order valence-electron chi connectivity index (χ4n) is 3.67. The van der Waals surface area contributed by atoms with Crippen LogP contribution in [-0.4, -0.2) is 46.4 Å². The minimum Gasteiger partial charge on any atom is -0.373 e. The highest BCUT2D eigenvalue weighted by atomic mass is 28.3. The third kappa shape index (κ3) is 11.3. The minimum absolute atomic E-state index is 0.0481. The van der Waals surface area contributed by atoms with Crippen LogP contribution in [0, 0.1) is 17.2 Å². The van der Waals surface area contributed by atoms with Crippen molar-refractivity contribution in [2.45, 2.75) is 77.3 Å². The second-order valence-corrected chi connectivity index (χ2v) is 15.7. The number of hydrogen-bond donors (Lipinski definition) is 0. The fourth-order valence-corrected chi connectivity index (χ4v) is 4.43. The van der Waals surface area contributed by atoms with E-state index < -0.39 is 8.07 Å². The van der Waals surface area contributed by atoms with Crippen molar-refractivity contribution in [2.75, 3.05) is 20.0 Å². The molecule has 0 amide bonds. The van der Waals surface area contributed by atoms with Crippen LogP contribution in [0.2, 0.25) is 25.7 Å².